The third-order valence-electron chi connectivity index (χ3n) is 13.2. The van der Waals surface area contributed by atoms with Gasteiger partial charge in [0.1, 0.15) is 11.4 Å². The van der Waals surface area contributed by atoms with Gasteiger partial charge in [-0.15, -0.1) is 21.5 Å². The first kappa shape index (κ1) is 37.9. The SMILES string of the molecule is Cc1cc2c(c(-c3c(-c4ccccc4)nnnc3-c3c(-c4ccccc4)cccc3-c3c(-c4ccccc4-c4ccccc4)ccc4sc5ccccc5c34)c1C)Cc1ccccc1-2. The lowest BCUT2D eigenvalue weighted by Crippen LogP contribution is -2.06. The molecule has 0 spiro atoms. The molecule has 0 saturated carbocycles. The van der Waals surface area contributed by atoms with Gasteiger partial charge in [0.25, 0.3) is 0 Å². The maximum absolute atomic E-state index is 5.27. The molecule has 64 heavy (non-hydrogen) atoms. The van der Waals surface area contributed by atoms with E-state index in [9.17, 15) is 0 Å². The minimum absolute atomic E-state index is 0.814. The molecular weight excluding hydrogens is 795 g/mol. The third-order valence-corrected chi connectivity index (χ3v) is 14.3. The number of benzene rings is 9. The van der Waals surface area contributed by atoms with Crippen LogP contribution in [0.2, 0.25) is 0 Å². The first-order valence-corrected chi connectivity index (χ1v) is 22.7. The summed E-state index contributed by atoms with van der Waals surface area (Å²) in [6.07, 6.45) is 0.825. The normalized spacial score (nSPS) is 11.8. The largest absolute Gasteiger partial charge is 0.135 e. The number of hydrogen-bond donors (Lipinski definition) is 0. The lowest BCUT2D eigenvalue weighted by molar-refractivity contribution is 0.878. The molecule has 0 atom stereocenters. The number of thiophene rings is 1. The monoisotopic (exact) mass is 835 g/mol. The van der Waals surface area contributed by atoms with Crippen molar-refractivity contribution in [2.24, 2.45) is 0 Å². The second-order valence-corrected chi connectivity index (χ2v) is 17.8. The van der Waals surface area contributed by atoms with Gasteiger partial charge in [0, 0.05) is 36.9 Å². The summed E-state index contributed by atoms with van der Waals surface area (Å²) in [6.45, 7) is 4.51. The fourth-order valence-electron chi connectivity index (χ4n) is 10.2. The molecule has 0 unspecified atom stereocenters. The first-order valence-electron chi connectivity index (χ1n) is 21.9. The topological polar surface area (TPSA) is 38.7 Å². The van der Waals surface area contributed by atoms with E-state index in [1.54, 1.807) is 0 Å². The van der Waals surface area contributed by atoms with Crippen molar-refractivity contribution in [2.45, 2.75) is 20.3 Å². The van der Waals surface area contributed by atoms with E-state index in [2.05, 4.69) is 214 Å². The van der Waals surface area contributed by atoms with Crippen LogP contribution in [0.25, 0.3) is 109 Å². The number of nitrogens with zero attached hydrogens (tertiary/aromatic N) is 3. The van der Waals surface area contributed by atoms with Gasteiger partial charge in [-0.05, 0) is 121 Å². The summed E-state index contributed by atoms with van der Waals surface area (Å²) < 4.78 is 2.50. The highest BCUT2D eigenvalue weighted by Crippen LogP contribution is 2.54. The molecular formula is C60H41N3S. The Labute approximate surface area is 377 Å². The maximum atomic E-state index is 5.27. The lowest BCUT2D eigenvalue weighted by Gasteiger charge is -2.24. The number of aromatic nitrogens is 3. The minimum atomic E-state index is 0.814. The molecule has 0 fully saturated rings. The molecule has 11 aromatic rings. The zero-order valence-corrected chi connectivity index (χ0v) is 36.3. The van der Waals surface area contributed by atoms with E-state index >= 15 is 0 Å². The van der Waals surface area contributed by atoms with E-state index in [0.29, 0.717) is 0 Å². The molecule has 4 heteroatoms. The number of fused-ring (bicyclic) bond motifs is 6. The Kier molecular flexibility index (Phi) is 9.20. The van der Waals surface area contributed by atoms with Gasteiger partial charge >= 0.3 is 0 Å². The number of rotatable bonds is 7. The zero-order valence-electron chi connectivity index (χ0n) is 35.5. The average molecular weight is 836 g/mol. The van der Waals surface area contributed by atoms with Crippen LogP contribution in [0.5, 0.6) is 0 Å². The van der Waals surface area contributed by atoms with Gasteiger partial charge in [-0.2, -0.15) is 0 Å². The standard InChI is InChI=1S/C60H41N3S/c1-37-35-50-44-27-13-12-25-42(44)36-51(50)54(38(37)2)58-59(41-23-10-5-11-24-41)61-63-62-60(58)56-45(40-21-8-4-9-22-40)30-18-31-49(56)55-47(33-34-53-57(55)48-29-16-17-32-52(48)64-53)46-28-15-14-26-43(46)39-19-6-3-7-20-39/h3-35H,36H2,1-2H3. The molecule has 0 bridgehead atoms. The fourth-order valence-corrected chi connectivity index (χ4v) is 11.3. The van der Waals surface area contributed by atoms with Gasteiger partial charge < -0.3 is 0 Å². The zero-order chi connectivity index (χ0) is 42.7. The molecule has 1 aliphatic carbocycles. The Bertz CT molecular complexity index is 3590. The molecule has 1 aliphatic rings. The summed E-state index contributed by atoms with van der Waals surface area (Å²) in [6, 6.07) is 72.5. The van der Waals surface area contributed by atoms with Crippen LogP contribution in [0.1, 0.15) is 22.3 Å². The van der Waals surface area contributed by atoms with E-state index in [1.165, 1.54) is 81.4 Å². The predicted molar refractivity (Wildman–Crippen MR) is 268 cm³/mol. The van der Waals surface area contributed by atoms with Crippen molar-refractivity contribution in [1.82, 2.24) is 15.4 Å². The molecule has 2 heterocycles. The lowest BCUT2D eigenvalue weighted by atomic mass is 9.80. The number of hydrogen-bond acceptors (Lipinski definition) is 4. The smallest absolute Gasteiger partial charge is 0.106 e. The predicted octanol–water partition coefficient (Wildman–Crippen LogP) is 16.1. The Morgan fingerprint density at radius 1 is 0.391 bits per heavy atom. The summed E-state index contributed by atoms with van der Waals surface area (Å²) in [7, 11) is 0. The second kappa shape index (κ2) is 15.5. The van der Waals surface area contributed by atoms with E-state index < -0.39 is 0 Å². The van der Waals surface area contributed by atoms with Crippen molar-refractivity contribution in [2.75, 3.05) is 0 Å². The molecule has 0 aliphatic heterocycles. The Balaban J connectivity index is 1.26. The molecule has 2 aromatic heterocycles. The average Bonchev–Trinajstić information content (AvgIpc) is 3.93. The Morgan fingerprint density at radius 3 is 1.75 bits per heavy atom. The molecule has 0 amide bonds. The molecule has 302 valence electrons. The Hall–Kier alpha value is -7.79. The van der Waals surface area contributed by atoms with Gasteiger partial charge in [-0.3, -0.25) is 0 Å². The van der Waals surface area contributed by atoms with Gasteiger partial charge in [0.05, 0.1) is 0 Å². The van der Waals surface area contributed by atoms with E-state index in [1.807, 2.05) is 11.3 Å². The van der Waals surface area contributed by atoms with Crippen molar-refractivity contribution in [3.05, 3.63) is 222 Å². The van der Waals surface area contributed by atoms with Crippen molar-refractivity contribution < 1.29 is 0 Å². The van der Waals surface area contributed by atoms with Gasteiger partial charge in [-0.25, -0.2) is 0 Å². The van der Waals surface area contributed by atoms with Crippen LogP contribution in [0.4, 0.5) is 0 Å². The van der Waals surface area contributed by atoms with Crippen LogP contribution < -0.4 is 0 Å². The maximum Gasteiger partial charge on any atom is 0.106 e. The fraction of sp³-hybridized carbons (Fsp3) is 0.0500. The summed E-state index contributed by atoms with van der Waals surface area (Å²) >= 11 is 1.85. The molecule has 3 nitrogen and oxygen atoms in total. The van der Waals surface area contributed by atoms with Crippen LogP contribution in [0, 0.1) is 13.8 Å². The summed E-state index contributed by atoms with van der Waals surface area (Å²) in [4.78, 5) is 0. The second-order valence-electron chi connectivity index (χ2n) is 16.7. The molecule has 0 saturated heterocycles. The van der Waals surface area contributed by atoms with Crippen molar-refractivity contribution in [3.8, 4) is 89.3 Å². The van der Waals surface area contributed by atoms with Crippen LogP contribution in [0.3, 0.4) is 0 Å². The highest BCUT2D eigenvalue weighted by atomic mass is 32.1. The molecule has 0 N–H and O–H groups in total. The van der Waals surface area contributed by atoms with E-state index in [-0.39, 0.29) is 0 Å². The van der Waals surface area contributed by atoms with E-state index in [0.717, 1.165) is 56.8 Å². The summed E-state index contributed by atoms with van der Waals surface area (Å²) in [5.41, 5.74) is 22.7. The van der Waals surface area contributed by atoms with Crippen LogP contribution in [-0.2, 0) is 6.42 Å². The number of aryl methyl sites for hydroxylation is 1. The van der Waals surface area contributed by atoms with Crippen LogP contribution >= 0.6 is 11.3 Å². The molecule has 12 rings (SSSR count). The van der Waals surface area contributed by atoms with Crippen LogP contribution in [0.15, 0.2) is 200 Å². The van der Waals surface area contributed by atoms with Crippen molar-refractivity contribution in [3.63, 3.8) is 0 Å². The van der Waals surface area contributed by atoms with Crippen molar-refractivity contribution >= 4 is 31.5 Å². The van der Waals surface area contributed by atoms with Gasteiger partial charge in [-0.1, -0.05) is 188 Å². The quantitative estimate of drug-likeness (QED) is 0.161. The van der Waals surface area contributed by atoms with E-state index in [4.69, 9.17) is 15.4 Å². The first-order chi connectivity index (χ1) is 31.6. The van der Waals surface area contributed by atoms with Crippen molar-refractivity contribution in [1.29, 1.82) is 0 Å². The summed E-state index contributed by atoms with van der Waals surface area (Å²) in [5, 5.41) is 17.5. The van der Waals surface area contributed by atoms with Gasteiger partial charge in [0.15, 0.2) is 0 Å². The minimum Gasteiger partial charge on any atom is -0.135 e. The highest BCUT2D eigenvalue weighted by Gasteiger charge is 2.31. The Morgan fingerprint density at radius 2 is 0.984 bits per heavy atom. The third kappa shape index (κ3) is 6.13. The van der Waals surface area contributed by atoms with Crippen LogP contribution in [-0.4, -0.2) is 15.4 Å². The highest BCUT2D eigenvalue weighted by molar-refractivity contribution is 7.26. The molecule has 9 aromatic carbocycles. The summed E-state index contributed by atoms with van der Waals surface area (Å²) in [5.74, 6) is 0. The molecule has 0 radical (unpaired) electrons. The van der Waals surface area contributed by atoms with Gasteiger partial charge in [0.2, 0.25) is 0 Å².